The minimum atomic E-state index is 0.553. The van der Waals surface area contributed by atoms with Crippen LogP contribution in [0.3, 0.4) is 0 Å². The molecule has 0 bridgehead atoms. The number of halogens is 1. The normalized spacial score (nSPS) is 18.3. The summed E-state index contributed by atoms with van der Waals surface area (Å²) in [5.41, 5.74) is 0. The summed E-state index contributed by atoms with van der Waals surface area (Å²) in [6.45, 7) is 3.10. The molecule has 0 aromatic carbocycles. The van der Waals surface area contributed by atoms with Gasteiger partial charge < -0.3 is 4.57 Å². The van der Waals surface area contributed by atoms with E-state index in [4.69, 9.17) is 11.6 Å². The van der Waals surface area contributed by atoms with Gasteiger partial charge in [0.15, 0.2) is 0 Å². The third-order valence-corrected chi connectivity index (χ3v) is 3.54. The van der Waals surface area contributed by atoms with Gasteiger partial charge in [-0.25, -0.2) is 0 Å². The lowest BCUT2D eigenvalue weighted by Gasteiger charge is -2.22. The van der Waals surface area contributed by atoms with Crippen molar-refractivity contribution in [2.45, 2.75) is 52.0 Å². The second-order valence-electron chi connectivity index (χ2n) is 4.35. The van der Waals surface area contributed by atoms with Gasteiger partial charge in [0.1, 0.15) is 5.82 Å². The Balaban J connectivity index is 2.04. The van der Waals surface area contributed by atoms with Gasteiger partial charge in [-0.05, 0) is 30.4 Å². The van der Waals surface area contributed by atoms with Crippen LogP contribution in [0, 0.1) is 5.92 Å². The Hall–Kier alpha value is -0.570. The zero-order valence-electron chi connectivity index (χ0n) is 9.25. The van der Waals surface area contributed by atoms with Crippen LogP contribution in [-0.2, 0) is 13.0 Å². The van der Waals surface area contributed by atoms with Crippen molar-refractivity contribution in [1.82, 2.24) is 14.8 Å². The molecule has 0 spiro atoms. The average molecular weight is 228 g/mol. The zero-order chi connectivity index (χ0) is 10.7. The Labute approximate surface area is 95.8 Å². The first-order valence-electron chi connectivity index (χ1n) is 5.89. The van der Waals surface area contributed by atoms with Crippen molar-refractivity contribution in [2.75, 3.05) is 0 Å². The van der Waals surface area contributed by atoms with E-state index in [9.17, 15) is 0 Å². The molecule has 1 saturated carbocycles. The number of hydrogen-bond acceptors (Lipinski definition) is 2. The van der Waals surface area contributed by atoms with E-state index in [1.54, 1.807) is 0 Å². The lowest BCUT2D eigenvalue weighted by molar-refractivity contribution is 0.316. The van der Waals surface area contributed by atoms with Gasteiger partial charge in [0.25, 0.3) is 0 Å². The molecule has 1 aliphatic carbocycles. The topological polar surface area (TPSA) is 30.7 Å². The van der Waals surface area contributed by atoms with E-state index < -0.39 is 0 Å². The second-order valence-corrected chi connectivity index (χ2v) is 4.69. The van der Waals surface area contributed by atoms with Crippen molar-refractivity contribution >= 4 is 11.6 Å². The minimum absolute atomic E-state index is 0.553. The summed E-state index contributed by atoms with van der Waals surface area (Å²) >= 11 is 6.03. The fraction of sp³-hybridized carbons (Fsp3) is 0.818. The number of aromatic nitrogens is 3. The largest absolute Gasteiger partial charge is 0.302 e. The molecule has 1 aromatic rings. The van der Waals surface area contributed by atoms with Gasteiger partial charge in [0.2, 0.25) is 5.28 Å². The van der Waals surface area contributed by atoms with Crippen molar-refractivity contribution in [2.24, 2.45) is 5.92 Å². The van der Waals surface area contributed by atoms with E-state index in [0.29, 0.717) is 5.28 Å². The molecule has 15 heavy (non-hydrogen) atoms. The van der Waals surface area contributed by atoms with Crippen LogP contribution >= 0.6 is 11.6 Å². The molecule has 1 aromatic heterocycles. The summed E-state index contributed by atoms with van der Waals surface area (Å²) in [6, 6.07) is 0. The number of nitrogens with zero attached hydrogens (tertiary/aromatic N) is 3. The van der Waals surface area contributed by atoms with E-state index in [1.807, 2.05) is 0 Å². The van der Waals surface area contributed by atoms with Gasteiger partial charge >= 0.3 is 0 Å². The molecule has 0 aliphatic heterocycles. The summed E-state index contributed by atoms with van der Waals surface area (Å²) in [6.07, 6.45) is 7.70. The quantitative estimate of drug-likeness (QED) is 0.795. The third-order valence-electron chi connectivity index (χ3n) is 3.26. The van der Waals surface area contributed by atoms with Gasteiger partial charge in [-0.1, -0.05) is 26.2 Å². The molecule has 0 radical (unpaired) electrons. The Kier molecular flexibility index (Phi) is 3.62. The highest BCUT2D eigenvalue weighted by Gasteiger charge is 2.17. The molecular weight excluding hydrogens is 210 g/mol. The first-order valence-corrected chi connectivity index (χ1v) is 6.26. The van der Waals surface area contributed by atoms with Crippen molar-refractivity contribution in [3.05, 3.63) is 11.1 Å². The molecule has 0 atom stereocenters. The minimum Gasteiger partial charge on any atom is -0.302 e. The maximum Gasteiger partial charge on any atom is 0.225 e. The average Bonchev–Trinajstić information content (AvgIpc) is 2.62. The molecule has 3 nitrogen and oxygen atoms in total. The van der Waals surface area contributed by atoms with Gasteiger partial charge in [-0.2, -0.15) is 0 Å². The smallest absolute Gasteiger partial charge is 0.225 e. The first-order chi connectivity index (χ1) is 7.31. The van der Waals surface area contributed by atoms with E-state index in [2.05, 4.69) is 21.7 Å². The molecule has 4 heteroatoms. The summed E-state index contributed by atoms with van der Waals surface area (Å²) in [5, 5.41) is 8.57. The molecule has 1 fully saturated rings. The molecule has 84 valence electrons. The summed E-state index contributed by atoms with van der Waals surface area (Å²) in [7, 11) is 0. The summed E-state index contributed by atoms with van der Waals surface area (Å²) < 4.78 is 2.08. The van der Waals surface area contributed by atoms with Gasteiger partial charge in [-0.15, -0.1) is 10.2 Å². The zero-order valence-corrected chi connectivity index (χ0v) is 10.0. The second kappa shape index (κ2) is 4.97. The fourth-order valence-electron chi connectivity index (χ4n) is 2.38. The van der Waals surface area contributed by atoms with Gasteiger partial charge in [0, 0.05) is 13.0 Å². The molecule has 1 heterocycles. The monoisotopic (exact) mass is 227 g/mol. The van der Waals surface area contributed by atoms with Crippen molar-refractivity contribution in [3.8, 4) is 0 Å². The summed E-state index contributed by atoms with van der Waals surface area (Å²) in [5.74, 6) is 1.79. The number of aryl methyl sites for hydroxylation is 1. The van der Waals surface area contributed by atoms with Crippen LogP contribution < -0.4 is 0 Å². The van der Waals surface area contributed by atoms with E-state index in [-0.39, 0.29) is 0 Å². The number of hydrogen-bond donors (Lipinski definition) is 0. The highest BCUT2D eigenvalue weighted by Crippen LogP contribution is 2.26. The van der Waals surface area contributed by atoms with E-state index >= 15 is 0 Å². The highest BCUT2D eigenvalue weighted by atomic mass is 35.5. The van der Waals surface area contributed by atoms with Crippen molar-refractivity contribution in [3.63, 3.8) is 0 Å². The van der Waals surface area contributed by atoms with Crippen LogP contribution in [0.25, 0.3) is 0 Å². The van der Waals surface area contributed by atoms with E-state index in [1.165, 1.54) is 32.1 Å². The van der Waals surface area contributed by atoms with Crippen molar-refractivity contribution in [1.29, 1.82) is 0 Å². The third kappa shape index (κ3) is 2.51. The van der Waals surface area contributed by atoms with E-state index in [0.717, 1.165) is 24.7 Å². The molecule has 0 saturated heterocycles. The predicted octanol–water partition coefficient (Wildman–Crippen LogP) is 3.07. The number of rotatable bonds is 3. The van der Waals surface area contributed by atoms with Crippen LogP contribution in [-0.4, -0.2) is 14.8 Å². The lowest BCUT2D eigenvalue weighted by Crippen LogP contribution is -2.16. The van der Waals surface area contributed by atoms with Crippen LogP contribution in [0.4, 0.5) is 0 Å². The maximum atomic E-state index is 6.03. The Morgan fingerprint density at radius 3 is 2.67 bits per heavy atom. The predicted molar refractivity (Wildman–Crippen MR) is 61.0 cm³/mol. The Morgan fingerprint density at radius 1 is 1.27 bits per heavy atom. The molecule has 0 unspecified atom stereocenters. The van der Waals surface area contributed by atoms with Gasteiger partial charge in [0.05, 0.1) is 0 Å². The molecule has 1 aliphatic rings. The molecule has 0 N–H and O–H groups in total. The van der Waals surface area contributed by atoms with Gasteiger partial charge in [-0.3, -0.25) is 0 Å². The van der Waals surface area contributed by atoms with Crippen molar-refractivity contribution < 1.29 is 0 Å². The Morgan fingerprint density at radius 2 is 2.00 bits per heavy atom. The molecule has 0 amide bonds. The highest BCUT2D eigenvalue weighted by molar-refractivity contribution is 6.28. The standard InChI is InChI=1S/C11H18ClN3/c1-2-10-13-14-11(12)15(10)8-9-6-4-3-5-7-9/h9H,2-8H2,1H3. The first kappa shape index (κ1) is 10.9. The molecule has 2 rings (SSSR count). The maximum absolute atomic E-state index is 6.03. The lowest BCUT2D eigenvalue weighted by atomic mass is 9.89. The Bertz CT molecular complexity index is 316. The van der Waals surface area contributed by atoms with Crippen LogP contribution in [0.2, 0.25) is 5.28 Å². The van der Waals surface area contributed by atoms with Crippen LogP contribution in [0.1, 0.15) is 44.9 Å². The fourth-order valence-corrected chi connectivity index (χ4v) is 2.59. The molecular formula is C11H18ClN3. The summed E-state index contributed by atoms with van der Waals surface area (Å²) in [4.78, 5) is 0. The van der Waals surface area contributed by atoms with Crippen LogP contribution in [0.15, 0.2) is 0 Å². The van der Waals surface area contributed by atoms with Crippen LogP contribution in [0.5, 0.6) is 0 Å². The SMILES string of the molecule is CCc1nnc(Cl)n1CC1CCCCC1.